The Hall–Kier alpha value is -1.76. The molecule has 0 saturated heterocycles. The second kappa shape index (κ2) is 4.47. The Labute approximate surface area is 85.5 Å². The van der Waals surface area contributed by atoms with Gasteiger partial charge < -0.3 is 10.6 Å². The van der Waals surface area contributed by atoms with Gasteiger partial charge in [0.25, 0.3) is 0 Å². The van der Waals surface area contributed by atoms with Crippen LogP contribution in [0.2, 0.25) is 0 Å². The molecular weight excluding hydrogens is 204 g/mol. The van der Waals surface area contributed by atoms with Crippen LogP contribution >= 0.6 is 12.2 Å². The van der Waals surface area contributed by atoms with E-state index in [-0.39, 0.29) is 16.6 Å². The largest absolute Gasteiger partial charge is 0.365 e. The molecule has 0 aliphatic rings. The molecule has 14 heavy (non-hydrogen) atoms. The molecule has 0 radical (unpaired) electrons. The van der Waals surface area contributed by atoms with Crippen LogP contribution in [0, 0.1) is 10.1 Å². The number of hydrogen-bond acceptors (Lipinski definition) is 4. The lowest BCUT2D eigenvalue weighted by Gasteiger charge is -2.05. The zero-order chi connectivity index (χ0) is 10.6. The third kappa shape index (κ3) is 2.36. The van der Waals surface area contributed by atoms with Crippen LogP contribution in [0.3, 0.4) is 0 Å². The van der Waals surface area contributed by atoms with Crippen LogP contribution in [0.5, 0.6) is 0 Å². The first kappa shape index (κ1) is 10.3. The first-order valence-electron chi connectivity index (χ1n) is 3.73. The van der Waals surface area contributed by atoms with Gasteiger partial charge in [-0.05, 0) is 18.3 Å². The number of aromatic nitrogens is 1. The van der Waals surface area contributed by atoms with E-state index in [2.05, 4.69) is 15.6 Å². The van der Waals surface area contributed by atoms with Gasteiger partial charge in [-0.15, -0.1) is 0 Å². The second-order valence-corrected chi connectivity index (χ2v) is 2.74. The molecule has 0 amide bonds. The minimum atomic E-state index is -0.520. The Bertz CT molecular complexity index is 368. The summed E-state index contributed by atoms with van der Waals surface area (Å²) < 4.78 is 0. The van der Waals surface area contributed by atoms with E-state index in [1.165, 1.54) is 18.3 Å². The number of nitrogens with one attached hydrogen (secondary N) is 2. The molecule has 0 aromatic carbocycles. The van der Waals surface area contributed by atoms with E-state index in [4.69, 9.17) is 12.2 Å². The number of pyridine rings is 1. The van der Waals surface area contributed by atoms with Crippen molar-refractivity contribution in [3.05, 3.63) is 28.4 Å². The summed E-state index contributed by atoms with van der Waals surface area (Å²) in [5.41, 5.74) is -0.106. The molecule has 74 valence electrons. The van der Waals surface area contributed by atoms with Crippen LogP contribution in [-0.4, -0.2) is 22.1 Å². The van der Waals surface area contributed by atoms with E-state index in [0.717, 1.165) is 0 Å². The first-order chi connectivity index (χ1) is 6.65. The number of nitrogens with zero attached hydrogens (tertiary/aromatic N) is 2. The lowest BCUT2D eigenvalue weighted by molar-refractivity contribution is -0.384. The van der Waals surface area contributed by atoms with Crippen molar-refractivity contribution >= 4 is 28.8 Å². The Morgan fingerprint density at radius 1 is 1.71 bits per heavy atom. The van der Waals surface area contributed by atoms with E-state index in [9.17, 15) is 10.1 Å². The van der Waals surface area contributed by atoms with Gasteiger partial charge in [0.2, 0.25) is 5.82 Å². The average Bonchev–Trinajstić information content (AvgIpc) is 2.18. The van der Waals surface area contributed by atoms with Crippen LogP contribution in [-0.2, 0) is 0 Å². The number of nitro groups is 1. The van der Waals surface area contributed by atoms with Crippen LogP contribution in [0.15, 0.2) is 18.3 Å². The Kier molecular flexibility index (Phi) is 3.29. The highest BCUT2D eigenvalue weighted by atomic mass is 32.1. The van der Waals surface area contributed by atoms with Crippen molar-refractivity contribution in [2.75, 3.05) is 12.4 Å². The molecule has 1 aromatic rings. The number of rotatable bonds is 2. The molecular formula is C7H8N4O2S. The first-order valence-corrected chi connectivity index (χ1v) is 4.14. The molecule has 1 heterocycles. The normalized spacial score (nSPS) is 9.21. The maximum absolute atomic E-state index is 10.6. The summed E-state index contributed by atoms with van der Waals surface area (Å²) in [6.07, 6.45) is 1.45. The summed E-state index contributed by atoms with van der Waals surface area (Å²) in [6, 6.07) is 2.85. The van der Waals surface area contributed by atoms with Crippen LogP contribution in [0.4, 0.5) is 11.5 Å². The molecule has 2 N–H and O–H groups in total. The van der Waals surface area contributed by atoms with Gasteiger partial charge in [0, 0.05) is 19.3 Å². The predicted molar refractivity (Wildman–Crippen MR) is 56.2 cm³/mol. The van der Waals surface area contributed by atoms with Crippen molar-refractivity contribution in [1.29, 1.82) is 0 Å². The summed E-state index contributed by atoms with van der Waals surface area (Å²) >= 11 is 4.80. The third-order valence-electron chi connectivity index (χ3n) is 1.44. The average molecular weight is 212 g/mol. The van der Waals surface area contributed by atoms with E-state index < -0.39 is 4.92 Å². The molecule has 0 spiro atoms. The van der Waals surface area contributed by atoms with Crippen molar-refractivity contribution in [2.45, 2.75) is 0 Å². The molecule has 0 aliphatic heterocycles. The lowest BCUT2D eigenvalue weighted by Crippen LogP contribution is -2.25. The van der Waals surface area contributed by atoms with Crippen molar-refractivity contribution in [2.24, 2.45) is 0 Å². The highest BCUT2D eigenvalue weighted by molar-refractivity contribution is 7.80. The van der Waals surface area contributed by atoms with Crippen LogP contribution in [0.1, 0.15) is 0 Å². The summed E-state index contributed by atoms with van der Waals surface area (Å²) in [7, 11) is 1.62. The van der Waals surface area contributed by atoms with Gasteiger partial charge >= 0.3 is 5.69 Å². The highest BCUT2D eigenvalue weighted by Gasteiger charge is 2.14. The molecule has 6 nitrogen and oxygen atoms in total. The number of hydrogen-bond donors (Lipinski definition) is 2. The fourth-order valence-corrected chi connectivity index (χ4v) is 0.907. The highest BCUT2D eigenvalue weighted by Crippen LogP contribution is 2.19. The summed E-state index contributed by atoms with van der Waals surface area (Å²) in [6.45, 7) is 0. The molecule has 0 aliphatic carbocycles. The molecule has 0 bridgehead atoms. The monoisotopic (exact) mass is 212 g/mol. The maximum Gasteiger partial charge on any atom is 0.311 e. The molecule has 0 saturated carbocycles. The molecule has 0 fully saturated rings. The Morgan fingerprint density at radius 3 is 3.00 bits per heavy atom. The maximum atomic E-state index is 10.6. The van der Waals surface area contributed by atoms with Gasteiger partial charge in [-0.25, -0.2) is 4.98 Å². The molecule has 0 unspecified atom stereocenters. The minimum absolute atomic E-state index is 0.106. The predicted octanol–water partition coefficient (Wildman–Crippen LogP) is 0.906. The minimum Gasteiger partial charge on any atom is -0.365 e. The van der Waals surface area contributed by atoms with Crippen molar-refractivity contribution in [1.82, 2.24) is 10.3 Å². The van der Waals surface area contributed by atoms with Gasteiger partial charge in [0.1, 0.15) is 0 Å². The van der Waals surface area contributed by atoms with Gasteiger partial charge in [-0.2, -0.15) is 0 Å². The third-order valence-corrected chi connectivity index (χ3v) is 1.75. The molecule has 0 atom stereocenters. The number of thiocarbonyl (C=S) groups is 1. The number of anilines is 1. The fraction of sp³-hybridized carbons (Fsp3) is 0.143. The standard InChI is InChI=1S/C7H8N4O2S/c1-8-7(14)10-6-5(11(12)13)3-2-4-9-6/h2-4H,1H3,(H2,8,9,10,14). The van der Waals surface area contributed by atoms with Gasteiger partial charge in [0.05, 0.1) is 4.92 Å². The zero-order valence-electron chi connectivity index (χ0n) is 7.35. The fourth-order valence-electron chi connectivity index (χ4n) is 0.810. The van der Waals surface area contributed by atoms with Crippen molar-refractivity contribution in [3.63, 3.8) is 0 Å². The lowest BCUT2D eigenvalue weighted by atomic mass is 10.4. The zero-order valence-corrected chi connectivity index (χ0v) is 8.17. The van der Waals surface area contributed by atoms with Crippen molar-refractivity contribution < 1.29 is 4.92 Å². The summed E-state index contributed by atoms with van der Waals surface area (Å²) in [4.78, 5) is 13.8. The quantitative estimate of drug-likeness (QED) is 0.431. The van der Waals surface area contributed by atoms with Crippen molar-refractivity contribution in [3.8, 4) is 0 Å². The van der Waals surface area contributed by atoms with E-state index in [1.807, 2.05) is 0 Å². The topological polar surface area (TPSA) is 80.1 Å². The Morgan fingerprint density at radius 2 is 2.43 bits per heavy atom. The van der Waals surface area contributed by atoms with Gasteiger partial charge in [-0.1, -0.05) is 0 Å². The van der Waals surface area contributed by atoms with Gasteiger partial charge in [-0.3, -0.25) is 10.1 Å². The smallest absolute Gasteiger partial charge is 0.311 e. The van der Waals surface area contributed by atoms with E-state index >= 15 is 0 Å². The van der Waals surface area contributed by atoms with Crippen LogP contribution < -0.4 is 10.6 Å². The van der Waals surface area contributed by atoms with E-state index in [0.29, 0.717) is 0 Å². The molecule has 7 heteroatoms. The molecule has 1 aromatic heterocycles. The van der Waals surface area contributed by atoms with Gasteiger partial charge in [0.15, 0.2) is 5.11 Å². The summed E-state index contributed by atoms with van der Waals surface area (Å²) in [5.74, 6) is 0.136. The molecule has 1 rings (SSSR count). The Balaban J connectivity index is 2.95. The van der Waals surface area contributed by atoms with Crippen LogP contribution in [0.25, 0.3) is 0 Å². The van der Waals surface area contributed by atoms with E-state index in [1.54, 1.807) is 7.05 Å². The second-order valence-electron chi connectivity index (χ2n) is 2.33. The SMILES string of the molecule is CNC(=S)Nc1ncccc1[N+](=O)[O-]. The summed E-state index contributed by atoms with van der Waals surface area (Å²) in [5, 5.41) is 16.1.